The van der Waals surface area contributed by atoms with Crippen molar-refractivity contribution in [2.45, 2.75) is 19.3 Å². The average Bonchev–Trinajstić information content (AvgIpc) is 2.63. The molecule has 0 fully saturated rings. The fourth-order valence-corrected chi connectivity index (χ4v) is 3.73. The van der Waals surface area contributed by atoms with Gasteiger partial charge in [-0.1, -0.05) is 24.3 Å². The van der Waals surface area contributed by atoms with E-state index in [4.69, 9.17) is 4.74 Å². The van der Waals surface area contributed by atoms with Crippen LogP contribution in [0.3, 0.4) is 0 Å². The number of allylic oxidation sites excluding steroid dienone is 2. The predicted octanol–water partition coefficient (Wildman–Crippen LogP) is 3.49. The van der Waals surface area contributed by atoms with Gasteiger partial charge in [-0.3, -0.25) is 14.4 Å². The number of hydrogen-bond acceptors (Lipinski definition) is 4. The first-order chi connectivity index (χ1) is 11.6. The van der Waals surface area contributed by atoms with Crippen LogP contribution in [-0.4, -0.2) is 24.6 Å². The summed E-state index contributed by atoms with van der Waals surface area (Å²) in [6.45, 7) is 0. The molecular formula is C20H16O4. The molecule has 4 rings (SSSR count). The number of benzene rings is 2. The van der Waals surface area contributed by atoms with Gasteiger partial charge < -0.3 is 4.74 Å². The van der Waals surface area contributed by atoms with Crippen LogP contribution < -0.4 is 0 Å². The summed E-state index contributed by atoms with van der Waals surface area (Å²) >= 11 is 0. The van der Waals surface area contributed by atoms with Crippen molar-refractivity contribution in [2.24, 2.45) is 5.92 Å². The van der Waals surface area contributed by atoms with Crippen molar-refractivity contribution < 1.29 is 19.1 Å². The molecule has 2 aliphatic rings. The predicted molar refractivity (Wildman–Crippen MR) is 89.0 cm³/mol. The largest absolute Gasteiger partial charge is 0.469 e. The minimum Gasteiger partial charge on any atom is -0.469 e. The Hall–Kier alpha value is -2.75. The number of ether oxygens (including phenoxy) is 1. The minimum atomic E-state index is -0.340. The lowest BCUT2D eigenvalue weighted by Crippen LogP contribution is -2.30. The van der Waals surface area contributed by atoms with E-state index in [-0.39, 0.29) is 23.5 Å². The van der Waals surface area contributed by atoms with Crippen molar-refractivity contribution in [1.82, 2.24) is 0 Å². The minimum absolute atomic E-state index is 0.0753. The number of hydrogen-bond donors (Lipinski definition) is 0. The van der Waals surface area contributed by atoms with Crippen molar-refractivity contribution in [3.8, 4) is 0 Å². The van der Waals surface area contributed by atoms with Gasteiger partial charge in [-0.05, 0) is 42.2 Å². The molecule has 4 nitrogen and oxygen atoms in total. The number of carbonyl (C=O) groups excluding carboxylic acids is 3. The molecular weight excluding hydrogens is 304 g/mol. The van der Waals surface area contributed by atoms with Crippen LogP contribution in [0.4, 0.5) is 0 Å². The number of Topliss-reactive ketones (excluding diaryl/α,β-unsaturated/α-hetero) is 2. The van der Waals surface area contributed by atoms with Crippen LogP contribution in [0.25, 0.3) is 10.8 Å². The third kappa shape index (κ3) is 2.10. The Morgan fingerprint density at radius 1 is 1.00 bits per heavy atom. The van der Waals surface area contributed by atoms with Crippen molar-refractivity contribution in [3.05, 3.63) is 58.7 Å². The summed E-state index contributed by atoms with van der Waals surface area (Å²) < 4.78 is 4.80. The summed E-state index contributed by atoms with van der Waals surface area (Å²) in [5, 5.41) is 1.88. The molecule has 0 bridgehead atoms. The number of fused-ring (bicyclic) bond motifs is 2. The highest BCUT2D eigenvalue weighted by molar-refractivity contribution is 6.28. The third-order valence-corrected chi connectivity index (χ3v) is 5.02. The van der Waals surface area contributed by atoms with Crippen LogP contribution in [0.15, 0.2) is 47.5 Å². The zero-order chi connectivity index (χ0) is 16.8. The molecule has 0 radical (unpaired) electrons. The lowest BCUT2D eigenvalue weighted by atomic mass is 9.73. The van der Waals surface area contributed by atoms with Crippen LogP contribution in [-0.2, 0) is 9.53 Å². The summed E-state index contributed by atoms with van der Waals surface area (Å²) in [7, 11) is 1.35. The zero-order valence-corrected chi connectivity index (χ0v) is 13.3. The molecule has 24 heavy (non-hydrogen) atoms. The standard InChI is InChI=1S/C20H16O4/c1-24-20(23)13-6-7-14-15(10-13)19(22)17-9-12-5-3-2-4-11(12)8-16(17)18(14)21/h2-5,8-9,13H,6-7,10H2,1H3. The van der Waals surface area contributed by atoms with E-state index >= 15 is 0 Å². The van der Waals surface area contributed by atoms with E-state index in [9.17, 15) is 14.4 Å². The molecule has 0 saturated carbocycles. The maximum Gasteiger partial charge on any atom is 0.309 e. The smallest absolute Gasteiger partial charge is 0.309 e. The molecule has 120 valence electrons. The van der Waals surface area contributed by atoms with Crippen LogP contribution in [0.2, 0.25) is 0 Å². The zero-order valence-electron chi connectivity index (χ0n) is 13.3. The van der Waals surface area contributed by atoms with E-state index in [2.05, 4.69) is 0 Å². The fourth-order valence-electron chi connectivity index (χ4n) is 3.73. The summed E-state index contributed by atoms with van der Waals surface area (Å²) in [5.41, 5.74) is 1.99. The Morgan fingerprint density at radius 2 is 1.58 bits per heavy atom. The summed E-state index contributed by atoms with van der Waals surface area (Å²) in [6, 6.07) is 11.3. The molecule has 2 aromatic rings. The molecule has 0 saturated heterocycles. The Balaban J connectivity index is 1.83. The lowest BCUT2D eigenvalue weighted by molar-refractivity contribution is -0.145. The first kappa shape index (κ1) is 14.8. The average molecular weight is 320 g/mol. The van der Waals surface area contributed by atoms with Gasteiger partial charge in [0.15, 0.2) is 11.6 Å². The monoisotopic (exact) mass is 320 g/mol. The van der Waals surface area contributed by atoms with Gasteiger partial charge in [-0.2, -0.15) is 0 Å². The van der Waals surface area contributed by atoms with Crippen molar-refractivity contribution in [3.63, 3.8) is 0 Å². The molecule has 1 atom stereocenters. The third-order valence-electron chi connectivity index (χ3n) is 5.02. The Kier molecular flexibility index (Phi) is 3.34. The fraction of sp³-hybridized carbons (Fsp3) is 0.250. The highest BCUT2D eigenvalue weighted by atomic mass is 16.5. The van der Waals surface area contributed by atoms with Gasteiger partial charge in [0.25, 0.3) is 0 Å². The van der Waals surface area contributed by atoms with Crippen LogP contribution in [0.1, 0.15) is 40.0 Å². The Bertz CT molecular complexity index is 936. The lowest BCUT2D eigenvalue weighted by Gasteiger charge is -2.28. The molecule has 0 aliphatic heterocycles. The molecule has 1 unspecified atom stereocenters. The Morgan fingerprint density at radius 3 is 2.17 bits per heavy atom. The maximum atomic E-state index is 12.9. The van der Waals surface area contributed by atoms with E-state index in [1.807, 2.05) is 24.3 Å². The van der Waals surface area contributed by atoms with Crippen molar-refractivity contribution >= 4 is 28.3 Å². The second-order valence-electron chi connectivity index (χ2n) is 6.32. The maximum absolute atomic E-state index is 12.9. The van der Waals surface area contributed by atoms with Gasteiger partial charge in [0.05, 0.1) is 13.0 Å². The van der Waals surface area contributed by atoms with Gasteiger partial charge in [0.1, 0.15) is 0 Å². The summed E-state index contributed by atoms with van der Waals surface area (Å²) in [4.78, 5) is 37.6. The first-order valence-electron chi connectivity index (χ1n) is 8.02. The van der Waals surface area contributed by atoms with Gasteiger partial charge in [0, 0.05) is 22.3 Å². The molecule has 0 aromatic heterocycles. The van der Waals surface area contributed by atoms with Crippen LogP contribution in [0.5, 0.6) is 0 Å². The van der Waals surface area contributed by atoms with E-state index in [0.29, 0.717) is 41.5 Å². The number of ketones is 2. The van der Waals surface area contributed by atoms with E-state index in [1.54, 1.807) is 12.1 Å². The topological polar surface area (TPSA) is 60.4 Å². The molecule has 4 heteroatoms. The van der Waals surface area contributed by atoms with E-state index in [1.165, 1.54) is 7.11 Å². The molecule has 2 aliphatic carbocycles. The molecule has 0 N–H and O–H groups in total. The highest BCUT2D eigenvalue weighted by Crippen LogP contribution is 2.39. The summed E-state index contributed by atoms with van der Waals surface area (Å²) in [5.74, 6) is -0.855. The number of methoxy groups -OCH3 is 1. The number of rotatable bonds is 1. The Labute approximate surface area is 139 Å². The second-order valence-corrected chi connectivity index (χ2v) is 6.32. The van der Waals surface area contributed by atoms with Crippen molar-refractivity contribution in [1.29, 1.82) is 0 Å². The molecule has 0 spiro atoms. The van der Waals surface area contributed by atoms with Gasteiger partial charge in [0.2, 0.25) is 0 Å². The van der Waals surface area contributed by atoms with Gasteiger partial charge >= 0.3 is 5.97 Å². The van der Waals surface area contributed by atoms with Crippen LogP contribution in [0, 0.1) is 5.92 Å². The first-order valence-corrected chi connectivity index (χ1v) is 8.02. The van der Waals surface area contributed by atoms with Gasteiger partial charge in [-0.25, -0.2) is 0 Å². The highest BCUT2D eigenvalue weighted by Gasteiger charge is 2.38. The number of esters is 1. The normalized spacial score (nSPS) is 20.0. The molecule has 2 aromatic carbocycles. The number of carbonyl (C=O) groups is 3. The van der Waals surface area contributed by atoms with E-state index < -0.39 is 0 Å². The van der Waals surface area contributed by atoms with Crippen LogP contribution >= 0.6 is 0 Å². The van der Waals surface area contributed by atoms with E-state index in [0.717, 1.165) is 10.8 Å². The van der Waals surface area contributed by atoms with Gasteiger partial charge in [-0.15, -0.1) is 0 Å². The van der Waals surface area contributed by atoms with Crippen molar-refractivity contribution in [2.75, 3.05) is 7.11 Å². The molecule has 0 amide bonds. The SMILES string of the molecule is COC(=O)C1CCC2=C(C1)C(=O)c1cc3ccccc3cc1C2=O. The quantitative estimate of drug-likeness (QED) is 0.755. The second kappa shape index (κ2) is 5.41. The molecule has 0 heterocycles. The summed E-state index contributed by atoms with van der Waals surface area (Å²) in [6.07, 6.45) is 1.29.